The van der Waals surface area contributed by atoms with E-state index in [4.69, 9.17) is 9.47 Å². The Hall–Kier alpha value is -2.05. The lowest BCUT2D eigenvalue weighted by molar-refractivity contribution is 0.103. The molecule has 1 atom stereocenters. The fourth-order valence-electron chi connectivity index (χ4n) is 2.37. The summed E-state index contributed by atoms with van der Waals surface area (Å²) in [5.74, 6) is 0.519. The lowest BCUT2D eigenvalue weighted by Crippen LogP contribution is -2.35. The molecule has 126 valence electrons. The summed E-state index contributed by atoms with van der Waals surface area (Å²) in [6, 6.07) is 7.73. The van der Waals surface area contributed by atoms with Gasteiger partial charge in [-0.05, 0) is 12.1 Å². The smallest absolute Gasteiger partial charge is 0.297 e. The second kappa shape index (κ2) is 7.48. The summed E-state index contributed by atoms with van der Waals surface area (Å²) in [7, 11) is 3.13. The third kappa shape index (κ3) is 3.83. The number of hydrogen-bond donors (Lipinski definition) is 2. The number of ether oxygens (including phenoxy) is 2. The van der Waals surface area contributed by atoms with Gasteiger partial charge < -0.3 is 24.5 Å². The van der Waals surface area contributed by atoms with Gasteiger partial charge >= 0.3 is 0 Å². The molecular weight excluding hydrogens is 296 g/mol. The van der Waals surface area contributed by atoms with Crippen LogP contribution in [-0.2, 0) is 7.05 Å². The number of aliphatic hydroxyl groups excluding tert-OH is 1. The first kappa shape index (κ1) is 17.3. The molecule has 0 radical (unpaired) electrons. The maximum atomic E-state index is 12.4. The van der Waals surface area contributed by atoms with Crippen LogP contribution in [0.5, 0.6) is 11.5 Å². The molecule has 2 rings (SSSR count). The number of aliphatic hydroxyl groups is 1. The number of nitrogens with one attached hydrogen (secondary N) is 1. The Kier molecular flexibility index (Phi) is 5.63. The number of hydrogen-bond acceptors (Lipinski definition) is 5. The Bertz CT molecular complexity index is 724. The number of nitrogens with zero attached hydrogens (tertiary/aromatic N) is 1. The molecule has 0 aliphatic heterocycles. The minimum absolute atomic E-state index is 0.0766. The summed E-state index contributed by atoms with van der Waals surface area (Å²) < 4.78 is 12.5. The maximum Gasteiger partial charge on any atom is 0.297 e. The molecular formula is C17H24N2O4. The quantitative estimate of drug-likeness (QED) is 0.804. The highest BCUT2D eigenvalue weighted by Crippen LogP contribution is 2.32. The van der Waals surface area contributed by atoms with Crippen molar-refractivity contribution in [3.8, 4) is 11.5 Å². The molecule has 1 aromatic carbocycles. The van der Waals surface area contributed by atoms with E-state index < -0.39 is 6.10 Å². The van der Waals surface area contributed by atoms with E-state index in [1.807, 2.05) is 38.1 Å². The molecule has 0 fully saturated rings. The van der Waals surface area contributed by atoms with E-state index in [0.29, 0.717) is 12.3 Å². The van der Waals surface area contributed by atoms with Crippen LogP contribution in [0.1, 0.15) is 13.8 Å². The van der Waals surface area contributed by atoms with E-state index in [-0.39, 0.29) is 24.0 Å². The highest BCUT2D eigenvalue weighted by atomic mass is 16.5. The van der Waals surface area contributed by atoms with E-state index in [2.05, 4.69) is 5.32 Å². The summed E-state index contributed by atoms with van der Waals surface area (Å²) >= 11 is 0. The van der Waals surface area contributed by atoms with Gasteiger partial charge in [0.25, 0.3) is 5.56 Å². The molecule has 0 aliphatic carbocycles. The van der Waals surface area contributed by atoms with Gasteiger partial charge in [-0.1, -0.05) is 26.0 Å². The van der Waals surface area contributed by atoms with Crippen molar-refractivity contribution in [2.75, 3.05) is 20.3 Å². The predicted molar refractivity (Wildman–Crippen MR) is 90.4 cm³/mol. The fourth-order valence-corrected chi connectivity index (χ4v) is 2.37. The van der Waals surface area contributed by atoms with Crippen molar-refractivity contribution in [2.24, 2.45) is 7.05 Å². The molecule has 0 aliphatic rings. The van der Waals surface area contributed by atoms with E-state index >= 15 is 0 Å². The van der Waals surface area contributed by atoms with Crippen LogP contribution >= 0.6 is 0 Å². The summed E-state index contributed by atoms with van der Waals surface area (Å²) in [6.07, 6.45) is -0.676. The Labute approximate surface area is 135 Å². The lowest BCUT2D eigenvalue weighted by atomic mass is 10.2. The number of rotatable bonds is 7. The van der Waals surface area contributed by atoms with Gasteiger partial charge in [0.2, 0.25) is 5.75 Å². The number of fused-ring (bicyclic) bond motifs is 1. The second-order valence-electron chi connectivity index (χ2n) is 5.77. The van der Waals surface area contributed by atoms with Crippen LogP contribution in [-0.4, -0.2) is 42.1 Å². The molecule has 6 heteroatoms. The summed E-state index contributed by atoms with van der Waals surface area (Å²) in [5, 5.41) is 13.9. The number of benzene rings is 1. The normalized spacial score (nSPS) is 12.6. The average molecular weight is 320 g/mol. The monoisotopic (exact) mass is 320 g/mol. The van der Waals surface area contributed by atoms with Crippen LogP contribution in [0.4, 0.5) is 0 Å². The Morgan fingerprint density at radius 1 is 1.26 bits per heavy atom. The number of methoxy groups -OCH3 is 1. The van der Waals surface area contributed by atoms with Gasteiger partial charge in [0.1, 0.15) is 12.7 Å². The Morgan fingerprint density at radius 2 is 1.96 bits per heavy atom. The molecule has 2 aromatic rings. The lowest BCUT2D eigenvalue weighted by Gasteiger charge is -2.18. The van der Waals surface area contributed by atoms with Crippen LogP contribution < -0.4 is 20.3 Å². The first-order chi connectivity index (χ1) is 11.0. The standard InChI is InChI=1S/C17H24N2O4/c1-11(2)18-9-12(20)10-23-15-13-7-5-6-8-14(13)19(3)17(21)16(15)22-4/h5-8,11-12,18,20H,9-10H2,1-4H3. The van der Waals surface area contributed by atoms with Crippen molar-refractivity contribution < 1.29 is 14.6 Å². The molecule has 0 saturated heterocycles. The molecule has 0 spiro atoms. The van der Waals surface area contributed by atoms with Gasteiger partial charge in [0.15, 0.2) is 5.75 Å². The number of pyridine rings is 1. The average Bonchev–Trinajstić information content (AvgIpc) is 2.54. The van der Waals surface area contributed by atoms with E-state index in [1.165, 1.54) is 11.7 Å². The molecule has 1 heterocycles. The number of para-hydroxylation sites is 1. The molecule has 2 N–H and O–H groups in total. The van der Waals surface area contributed by atoms with Crippen LogP contribution in [0.15, 0.2) is 29.1 Å². The van der Waals surface area contributed by atoms with Gasteiger partial charge in [-0.25, -0.2) is 0 Å². The third-order valence-corrected chi connectivity index (χ3v) is 3.60. The second-order valence-corrected chi connectivity index (χ2v) is 5.77. The van der Waals surface area contributed by atoms with Crippen molar-refractivity contribution >= 4 is 10.9 Å². The summed E-state index contributed by atoms with van der Waals surface area (Å²) in [4.78, 5) is 12.4. The zero-order valence-corrected chi connectivity index (χ0v) is 14.0. The molecule has 0 bridgehead atoms. The number of aromatic nitrogens is 1. The van der Waals surface area contributed by atoms with Gasteiger partial charge in [-0.15, -0.1) is 0 Å². The first-order valence-electron chi connectivity index (χ1n) is 7.65. The molecule has 0 amide bonds. The molecule has 1 aromatic heterocycles. The molecule has 6 nitrogen and oxygen atoms in total. The van der Waals surface area contributed by atoms with Gasteiger partial charge in [-0.3, -0.25) is 4.79 Å². The largest absolute Gasteiger partial charge is 0.488 e. The Balaban J connectivity index is 2.32. The topological polar surface area (TPSA) is 72.7 Å². The van der Waals surface area contributed by atoms with E-state index in [9.17, 15) is 9.90 Å². The van der Waals surface area contributed by atoms with Gasteiger partial charge in [0.05, 0.1) is 12.6 Å². The number of aryl methyl sites for hydroxylation is 1. The van der Waals surface area contributed by atoms with Crippen LogP contribution in [0.25, 0.3) is 10.9 Å². The van der Waals surface area contributed by atoms with Crippen LogP contribution in [0.3, 0.4) is 0 Å². The van der Waals surface area contributed by atoms with Crippen molar-refractivity contribution in [3.63, 3.8) is 0 Å². The highest BCUT2D eigenvalue weighted by molar-refractivity contribution is 5.87. The molecule has 0 saturated carbocycles. The van der Waals surface area contributed by atoms with Crippen molar-refractivity contribution in [3.05, 3.63) is 34.6 Å². The van der Waals surface area contributed by atoms with Gasteiger partial charge in [0, 0.05) is 25.0 Å². The van der Waals surface area contributed by atoms with E-state index in [1.54, 1.807) is 7.05 Å². The first-order valence-corrected chi connectivity index (χ1v) is 7.65. The zero-order chi connectivity index (χ0) is 17.0. The SMILES string of the molecule is COc1c(OCC(O)CNC(C)C)c2ccccc2n(C)c1=O. The highest BCUT2D eigenvalue weighted by Gasteiger charge is 2.18. The van der Waals surface area contributed by atoms with E-state index in [0.717, 1.165) is 10.9 Å². The van der Waals surface area contributed by atoms with Crippen LogP contribution in [0, 0.1) is 0 Å². The van der Waals surface area contributed by atoms with Gasteiger partial charge in [-0.2, -0.15) is 0 Å². The van der Waals surface area contributed by atoms with Crippen molar-refractivity contribution in [1.82, 2.24) is 9.88 Å². The van der Waals surface area contributed by atoms with Crippen LogP contribution in [0.2, 0.25) is 0 Å². The molecule has 1 unspecified atom stereocenters. The fraction of sp³-hybridized carbons (Fsp3) is 0.471. The summed E-state index contributed by atoms with van der Waals surface area (Å²) in [5.41, 5.74) is 0.485. The van der Waals surface area contributed by atoms with Crippen molar-refractivity contribution in [2.45, 2.75) is 26.0 Å². The minimum Gasteiger partial charge on any atom is -0.488 e. The van der Waals surface area contributed by atoms with Crippen molar-refractivity contribution in [1.29, 1.82) is 0 Å². The zero-order valence-electron chi connectivity index (χ0n) is 14.0. The Morgan fingerprint density at radius 3 is 2.61 bits per heavy atom. The third-order valence-electron chi connectivity index (χ3n) is 3.60. The maximum absolute atomic E-state index is 12.4. The molecule has 23 heavy (non-hydrogen) atoms. The minimum atomic E-state index is -0.676. The predicted octanol–water partition coefficient (Wildman–Crippen LogP) is 1.28. The summed E-state index contributed by atoms with van der Waals surface area (Å²) in [6.45, 7) is 4.51.